The second-order valence-corrected chi connectivity index (χ2v) is 5.57. The van der Waals surface area contributed by atoms with Crippen molar-refractivity contribution in [1.82, 2.24) is 0 Å². The number of anilines is 1. The molecule has 124 valence electrons. The van der Waals surface area contributed by atoms with Crippen LogP contribution in [0.4, 0.5) is 5.69 Å². The summed E-state index contributed by atoms with van der Waals surface area (Å²) in [4.78, 5) is 35.9. The summed E-state index contributed by atoms with van der Waals surface area (Å²) >= 11 is 0. The third-order valence-electron chi connectivity index (χ3n) is 4.08. The molecular formula is C17H21NO5. The molecule has 0 spiro atoms. The molecule has 1 saturated carbocycles. The van der Waals surface area contributed by atoms with Gasteiger partial charge >= 0.3 is 11.9 Å². The molecular weight excluding hydrogens is 298 g/mol. The van der Waals surface area contributed by atoms with Gasteiger partial charge in [0, 0.05) is 5.92 Å². The topological polar surface area (TPSA) is 81.7 Å². The zero-order chi connectivity index (χ0) is 16.8. The fourth-order valence-electron chi connectivity index (χ4n) is 2.78. The van der Waals surface area contributed by atoms with Crippen LogP contribution in [0.5, 0.6) is 0 Å². The first-order valence-electron chi connectivity index (χ1n) is 7.68. The monoisotopic (exact) mass is 319 g/mol. The Kier molecular flexibility index (Phi) is 5.73. The molecule has 6 nitrogen and oxygen atoms in total. The van der Waals surface area contributed by atoms with Crippen molar-refractivity contribution in [1.29, 1.82) is 0 Å². The molecule has 0 unspecified atom stereocenters. The van der Waals surface area contributed by atoms with E-state index in [4.69, 9.17) is 4.74 Å². The summed E-state index contributed by atoms with van der Waals surface area (Å²) < 4.78 is 9.40. The summed E-state index contributed by atoms with van der Waals surface area (Å²) in [6.07, 6.45) is 4.90. The summed E-state index contributed by atoms with van der Waals surface area (Å²) in [5.41, 5.74) is 0.749. The number of carbonyl (C=O) groups is 3. The van der Waals surface area contributed by atoms with Crippen molar-refractivity contribution >= 4 is 23.5 Å². The lowest BCUT2D eigenvalue weighted by molar-refractivity contribution is -0.120. The maximum absolute atomic E-state index is 12.4. The minimum Gasteiger partial charge on any atom is -0.465 e. The number of ether oxygens (including phenoxy) is 2. The molecule has 1 fully saturated rings. The first kappa shape index (κ1) is 17.0. The Morgan fingerprint density at radius 2 is 1.65 bits per heavy atom. The standard InChI is InChI=1S/C17H21NO5/c1-22-16(20)12-8-9-13(17(21)23-2)14(10-12)18-15(19)11-6-4-3-5-7-11/h8-11H,3-7H2,1-2H3,(H,18,19). The zero-order valence-corrected chi connectivity index (χ0v) is 13.4. The summed E-state index contributed by atoms with van der Waals surface area (Å²) in [5.74, 6) is -1.29. The number of amides is 1. The minimum absolute atomic E-state index is 0.0592. The summed E-state index contributed by atoms with van der Waals surface area (Å²) in [6, 6.07) is 4.36. The van der Waals surface area contributed by atoms with Gasteiger partial charge in [-0.2, -0.15) is 0 Å². The Hall–Kier alpha value is -2.37. The lowest BCUT2D eigenvalue weighted by Gasteiger charge is -2.21. The fourth-order valence-corrected chi connectivity index (χ4v) is 2.78. The lowest BCUT2D eigenvalue weighted by Crippen LogP contribution is -2.26. The minimum atomic E-state index is -0.569. The van der Waals surface area contributed by atoms with Crippen LogP contribution in [-0.4, -0.2) is 32.1 Å². The van der Waals surface area contributed by atoms with Crippen molar-refractivity contribution in [3.05, 3.63) is 29.3 Å². The highest BCUT2D eigenvalue weighted by Crippen LogP contribution is 2.26. The van der Waals surface area contributed by atoms with E-state index < -0.39 is 11.9 Å². The Bertz CT molecular complexity index is 605. The number of esters is 2. The quantitative estimate of drug-likeness (QED) is 0.863. The van der Waals surface area contributed by atoms with Crippen LogP contribution in [0, 0.1) is 5.92 Å². The van der Waals surface area contributed by atoms with Gasteiger partial charge in [0.25, 0.3) is 0 Å². The van der Waals surface area contributed by atoms with Gasteiger partial charge < -0.3 is 14.8 Å². The summed E-state index contributed by atoms with van der Waals surface area (Å²) in [5, 5.41) is 2.77. The first-order valence-corrected chi connectivity index (χ1v) is 7.68. The van der Waals surface area contributed by atoms with E-state index in [9.17, 15) is 14.4 Å². The average molecular weight is 319 g/mol. The van der Waals surface area contributed by atoms with Crippen LogP contribution in [0.3, 0.4) is 0 Å². The van der Waals surface area contributed by atoms with Crippen molar-refractivity contribution in [2.24, 2.45) is 5.92 Å². The normalized spacial score (nSPS) is 14.9. The van der Waals surface area contributed by atoms with Crippen molar-refractivity contribution in [3.8, 4) is 0 Å². The van der Waals surface area contributed by atoms with Crippen LogP contribution in [0.2, 0.25) is 0 Å². The molecule has 1 aliphatic carbocycles. The number of benzene rings is 1. The molecule has 0 atom stereocenters. The molecule has 0 heterocycles. The molecule has 1 amide bonds. The van der Waals surface area contributed by atoms with E-state index in [2.05, 4.69) is 10.1 Å². The summed E-state index contributed by atoms with van der Waals surface area (Å²) in [7, 11) is 2.54. The van der Waals surface area contributed by atoms with E-state index in [0.29, 0.717) is 0 Å². The molecule has 0 bridgehead atoms. The fraction of sp³-hybridized carbons (Fsp3) is 0.471. The van der Waals surface area contributed by atoms with E-state index in [1.165, 1.54) is 32.4 Å². The van der Waals surface area contributed by atoms with E-state index in [-0.39, 0.29) is 28.6 Å². The molecule has 0 aromatic heterocycles. The molecule has 0 aliphatic heterocycles. The largest absolute Gasteiger partial charge is 0.465 e. The van der Waals surface area contributed by atoms with Gasteiger partial charge in [-0.05, 0) is 31.0 Å². The van der Waals surface area contributed by atoms with Gasteiger partial charge in [0.2, 0.25) is 5.91 Å². The van der Waals surface area contributed by atoms with Gasteiger partial charge in [-0.25, -0.2) is 9.59 Å². The molecule has 6 heteroatoms. The molecule has 0 radical (unpaired) electrons. The Morgan fingerprint density at radius 3 is 2.26 bits per heavy atom. The van der Waals surface area contributed by atoms with Gasteiger partial charge in [-0.3, -0.25) is 4.79 Å². The van der Waals surface area contributed by atoms with E-state index in [0.717, 1.165) is 32.1 Å². The second-order valence-electron chi connectivity index (χ2n) is 5.57. The first-order chi connectivity index (χ1) is 11.1. The molecule has 2 rings (SSSR count). The van der Waals surface area contributed by atoms with Crippen LogP contribution in [0.1, 0.15) is 52.8 Å². The van der Waals surface area contributed by atoms with Crippen molar-refractivity contribution < 1.29 is 23.9 Å². The third kappa shape index (κ3) is 4.09. The third-order valence-corrected chi connectivity index (χ3v) is 4.08. The van der Waals surface area contributed by atoms with Gasteiger partial charge in [0.05, 0.1) is 31.0 Å². The molecule has 23 heavy (non-hydrogen) atoms. The molecule has 1 aromatic carbocycles. The number of carbonyl (C=O) groups excluding carboxylic acids is 3. The van der Waals surface area contributed by atoms with Crippen LogP contribution < -0.4 is 5.32 Å². The highest BCUT2D eigenvalue weighted by Gasteiger charge is 2.23. The van der Waals surface area contributed by atoms with Gasteiger partial charge in [0.1, 0.15) is 0 Å². The smallest absolute Gasteiger partial charge is 0.339 e. The Morgan fingerprint density at radius 1 is 1.00 bits per heavy atom. The van der Waals surface area contributed by atoms with Crippen molar-refractivity contribution in [3.63, 3.8) is 0 Å². The number of methoxy groups -OCH3 is 2. The number of hydrogen-bond acceptors (Lipinski definition) is 5. The highest BCUT2D eigenvalue weighted by molar-refractivity contribution is 6.03. The molecule has 1 aliphatic rings. The average Bonchev–Trinajstić information content (AvgIpc) is 2.61. The Balaban J connectivity index is 2.27. The molecule has 1 N–H and O–H groups in total. The van der Waals surface area contributed by atoms with E-state index in [1.54, 1.807) is 0 Å². The van der Waals surface area contributed by atoms with Crippen molar-refractivity contribution in [2.75, 3.05) is 19.5 Å². The Labute approximate surface area is 135 Å². The number of nitrogens with one attached hydrogen (secondary N) is 1. The predicted molar refractivity (Wildman–Crippen MR) is 84.3 cm³/mol. The zero-order valence-electron chi connectivity index (χ0n) is 13.4. The molecule has 0 saturated heterocycles. The number of rotatable bonds is 4. The van der Waals surface area contributed by atoms with E-state index in [1.807, 2.05) is 0 Å². The lowest BCUT2D eigenvalue weighted by atomic mass is 9.88. The maximum atomic E-state index is 12.4. The van der Waals surface area contributed by atoms with E-state index >= 15 is 0 Å². The SMILES string of the molecule is COC(=O)c1ccc(C(=O)OC)c(NC(=O)C2CCCCC2)c1. The van der Waals surface area contributed by atoms with Crippen LogP contribution in [0.15, 0.2) is 18.2 Å². The predicted octanol–water partition coefficient (Wildman–Crippen LogP) is 2.78. The maximum Gasteiger partial charge on any atom is 0.339 e. The van der Waals surface area contributed by atoms with Gasteiger partial charge in [-0.1, -0.05) is 19.3 Å². The van der Waals surface area contributed by atoms with Gasteiger partial charge in [-0.15, -0.1) is 0 Å². The van der Waals surface area contributed by atoms with Crippen LogP contribution in [-0.2, 0) is 14.3 Å². The summed E-state index contributed by atoms with van der Waals surface area (Å²) in [6.45, 7) is 0. The second kappa shape index (κ2) is 7.76. The van der Waals surface area contributed by atoms with Crippen molar-refractivity contribution in [2.45, 2.75) is 32.1 Å². The highest BCUT2D eigenvalue weighted by atomic mass is 16.5. The van der Waals surface area contributed by atoms with Crippen LogP contribution in [0.25, 0.3) is 0 Å². The number of hydrogen-bond donors (Lipinski definition) is 1. The molecule has 1 aromatic rings. The van der Waals surface area contributed by atoms with Gasteiger partial charge in [0.15, 0.2) is 0 Å². The van der Waals surface area contributed by atoms with Crippen LogP contribution >= 0.6 is 0 Å².